The number of hydrogen-bond donors (Lipinski definition) is 6. The highest BCUT2D eigenvalue weighted by Gasteiger charge is 2.39. The lowest BCUT2D eigenvalue weighted by molar-refractivity contribution is -0.145. The predicted molar refractivity (Wildman–Crippen MR) is 134 cm³/mol. The van der Waals surface area contributed by atoms with Gasteiger partial charge in [-0.1, -0.05) is 32.4 Å². The van der Waals surface area contributed by atoms with Gasteiger partial charge in [-0.2, -0.15) is 0 Å². The summed E-state index contributed by atoms with van der Waals surface area (Å²) < 4.78 is 0. The SMILES string of the molecule is CCC(C)C(N)C(=O)NC(Cc1ccc(O)cc1)C(=O)N1CCCC1C(=O)NC(CCC(N)=O)C(=O)O. The van der Waals surface area contributed by atoms with Crippen LogP contribution in [0.5, 0.6) is 5.75 Å². The number of nitrogens with one attached hydrogen (secondary N) is 2. The van der Waals surface area contributed by atoms with Crippen LogP contribution < -0.4 is 22.1 Å². The quantitative estimate of drug-likeness (QED) is 0.202. The minimum Gasteiger partial charge on any atom is -0.508 e. The molecule has 12 heteroatoms. The van der Waals surface area contributed by atoms with E-state index in [2.05, 4.69) is 10.6 Å². The van der Waals surface area contributed by atoms with Crippen molar-refractivity contribution in [3.63, 3.8) is 0 Å². The Balaban J connectivity index is 2.23. The summed E-state index contributed by atoms with van der Waals surface area (Å²) >= 11 is 0. The zero-order valence-corrected chi connectivity index (χ0v) is 21.2. The smallest absolute Gasteiger partial charge is 0.326 e. The number of carboxylic acid groups (broad SMARTS) is 1. The monoisotopic (exact) mass is 519 g/mol. The summed E-state index contributed by atoms with van der Waals surface area (Å²) in [6.45, 7) is 3.98. The lowest BCUT2D eigenvalue weighted by Gasteiger charge is -2.30. The van der Waals surface area contributed by atoms with Gasteiger partial charge in [-0.15, -0.1) is 0 Å². The van der Waals surface area contributed by atoms with Crippen molar-refractivity contribution in [3.05, 3.63) is 29.8 Å². The molecule has 1 aromatic carbocycles. The van der Waals surface area contributed by atoms with Gasteiger partial charge in [0.2, 0.25) is 23.6 Å². The summed E-state index contributed by atoms with van der Waals surface area (Å²) in [5.41, 5.74) is 11.8. The number of hydrogen-bond acceptors (Lipinski definition) is 7. The van der Waals surface area contributed by atoms with Crippen molar-refractivity contribution in [2.24, 2.45) is 17.4 Å². The summed E-state index contributed by atoms with van der Waals surface area (Å²) in [6.07, 6.45) is 1.19. The molecule has 8 N–H and O–H groups in total. The maximum absolute atomic E-state index is 13.6. The van der Waals surface area contributed by atoms with Crippen LogP contribution in [0.4, 0.5) is 0 Å². The number of aromatic hydroxyl groups is 1. The van der Waals surface area contributed by atoms with E-state index in [9.17, 15) is 34.2 Å². The lowest BCUT2D eigenvalue weighted by atomic mass is 9.98. The van der Waals surface area contributed by atoms with Crippen LogP contribution in [0, 0.1) is 5.92 Å². The number of amides is 4. The van der Waals surface area contributed by atoms with E-state index in [1.165, 1.54) is 17.0 Å². The Morgan fingerprint density at radius 1 is 1.11 bits per heavy atom. The first-order valence-corrected chi connectivity index (χ1v) is 12.4. The standard InChI is InChI=1S/C25H37N5O7/c1-3-14(2)21(27)23(34)29-18(13-15-6-8-16(31)9-7-15)24(35)30-12-4-5-19(30)22(33)28-17(25(36)37)10-11-20(26)32/h6-9,14,17-19,21,31H,3-5,10-13,27H2,1-2H3,(H2,26,32)(H,28,33)(H,29,34)(H,36,37). The number of nitrogens with two attached hydrogens (primary N) is 2. The average molecular weight is 520 g/mol. The van der Waals surface area contributed by atoms with Crippen molar-refractivity contribution in [1.29, 1.82) is 0 Å². The van der Waals surface area contributed by atoms with Crippen LogP contribution in [-0.4, -0.2) is 75.4 Å². The Labute approximate surface area is 215 Å². The molecule has 1 aliphatic rings. The molecule has 1 fully saturated rings. The molecule has 5 atom stereocenters. The second kappa shape index (κ2) is 13.6. The first-order chi connectivity index (χ1) is 17.4. The molecule has 0 saturated carbocycles. The molecular formula is C25H37N5O7. The molecule has 5 unspecified atom stereocenters. The number of aliphatic carboxylic acids is 1. The average Bonchev–Trinajstić information content (AvgIpc) is 3.35. The number of benzene rings is 1. The van der Waals surface area contributed by atoms with Gasteiger partial charge in [0, 0.05) is 19.4 Å². The van der Waals surface area contributed by atoms with Crippen molar-refractivity contribution in [2.75, 3.05) is 6.54 Å². The second-order valence-electron chi connectivity index (χ2n) is 9.44. The molecular weight excluding hydrogens is 482 g/mol. The van der Waals surface area contributed by atoms with Gasteiger partial charge in [-0.05, 0) is 42.9 Å². The lowest BCUT2D eigenvalue weighted by Crippen LogP contribution is -2.58. The van der Waals surface area contributed by atoms with E-state index in [4.69, 9.17) is 11.5 Å². The van der Waals surface area contributed by atoms with Gasteiger partial charge in [0.25, 0.3) is 0 Å². The third kappa shape index (κ3) is 8.45. The van der Waals surface area contributed by atoms with Crippen LogP contribution in [0.3, 0.4) is 0 Å². The predicted octanol–water partition coefficient (Wildman–Crippen LogP) is -0.381. The highest BCUT2D eigenvalue weighted by Crippen LogP contribution is 2.21. The van der Waals surface area contributed by atoms with Crippen LogP contribution in [-0.2, 0) is 30.4 Å². The minimum absolute atomic E-state index is 0.0510. The summed E-state index contributed by atoms with van der Waals surface area (Å²) in [7, 11) is 0. The molecule has 0 bridgehead atoms. The molecule has 0 radical (unpaired) electrons. The van der Waals surface area contributed by atoms with Gasteiger partial charge in [-0.25, -0.2) is 4.79 Å². The molecule has 1 aromatic rings. The van der Waals surface area contributed by atoms with E-state index in [1.54, 1.807) is 12.1 Å². The fraction of sp³-hybridized carbons (Fsp3) is 0.560. The molecule has 0 aromatic heterocycles. The van der Waals surface area contributed by atoms with Gasteiger partial charge in [0.05, 0.1) is 6.04 Å². The Kier molecular flexibility index (Phi) is 10.9. The summed E-state index contributed by atoms with van der Waals surface area (Å²) in [5.74, 6) is -3.74. The summed E-state index contributed by atoms with van der Waals surface area (Å²) in [4.78, 5) is 63.4. The number of likely N-dealkylation sites (tertiary alicyclic amines) is 1. The van der Waals surface area contributed by atoms with Crippen molar-refractivity contribution in [1.82, 2.24) is 15.5 Å². The number of carbonyl (C=O) groups excluding carboxylic acids is 4. The molecule has 4 amide bonds. The second-order valence-corrected chi connectivity index (χ2v) is 9.44. The van der Waals surface area contributed by atoms with Crippen molar-refractivity contribution < 1.29 is 34.2 Å². The Hall–Kier alpha value is -3.67. The van der Waals surface area contributed by atoms with E-state index in [0.29, 0.717) is 24.8 Å². The van der Waals surface area contributed by atoms with Crippen molar-refractivity contribution in [2.45, 2.75) is 76.5 Å². The third-order valence-corrected chi connectivity index (χ3v) is 6.68. The molecule has 1 heterocycles. The Morgan fingerprint density at radius 2 is 1.76 bits per heavy atom. The van der Waals surface area contributed by atoms with Gasteiger partial charge in [0.15, 0.2) is 0 Å². The van der Waals surface area contributed by atoms with Crippen molar-refractivity contribution in [3.8, 4) is 5.75 Å². The number of nitrogens with zero attached hydrogens (tertiary/aromatic N) is 1. The van der Waals surface area contributed by atoms with Crippen LogP contribution >= 0.6 is 0 Å². The van der Waals surface area contributed by atoms with Gasteiger partial charge >= 0.3 is 5.97 Å². The molecule has 204 valence electrons. The van der Waals surface area contributed by atoms with E-state index in [0.717, 1.165) is 0 Å². The van der Waals surface area contributed by atoms with Gasteiger partial charge < -0.3 is 37.2 Å². The minimum atomic E-state index is -1.33. The molecule has 2 rings (SSSR count). The number of rotatable bonds is 13. The van der Waals surface area contributed by atoms with Crippen LogP contribution in [0.2, 0.25) is 0 Å². The fourth-order valence-corrected chi connectivity index (χ4v) is 4.16. The maximum atomic E-state index is 13.6. The number of carbonyl (C=O) groups is 5. The summed E-state index contributed by atoms with van der Waals surface area (Å²) in [5, 5.41) is 24.1. The van der Waals surface area contributed by atoms with Gasteiger partial charge in [0.1, 0.15) is 23.9 Å². The van der Waals surface area contributed by atoms with Gasteiger partial charge in [-0.3, -0.25) is 19.2 Å². The van der Waals surface area contributed by atoms with E-state index < -0.39 is 53.8 Å². The number of phenolic OH excluding ortho intramolecular Hbond substituents is 1. The van der Waals surface area contributed by atoms with Crippen LogP contribution in [0.25, 0.3) is 0 Å². The maximum Gasteiger partial charge on any atom is 0.326 e. The first-order valence-electron chi connectivity index (χ1n) is 12.4. The molecule has 12 nitrogen and oxygen atoms in total. The Bertz CT molecular complexity index is 984. The molecule has 1 saturated heterocycles. The number of phenols is 1. The van der Waals surface area contributed by atoms with Crippen molar-refractivity contribution >= 4 is 29.6 Å². The van der Waals surface area contributed by atoms with E-state index >= 15 is 0 Å². The topological polar surface area (TPSA) is 205 Å². The number of carboxylic acids is 1. The van der Waals surface area contributed by atoms with Crippen LogP contribution in [0.1, 0.15) is 51.5 Å². The molecule has 37 heavy (non-hydrogen) atoms. The zero-order chi connectivity index (χ0) is 27.7. The van der Waals surface area contributed by atoms with Crippen LogP contribution in [0.15, 0.2) is 24.3 Å². The highest BCUT2D eigenvalue weighted by molar-refractivity contribution is 5.94. The third-order valence-electron chi connectivity index (χ3n) is 6.68. The molecule has 0 spiro atoms. The van der Waals surface area contributed by atoms with E-state index in [-0.39, 0.29) is 37.5 Å². The normalized spacial score (nSPS) is 18.4. The Morgan fingerprint density at radius 3 is 2.32 bits per heavy atom. The zero-order valence-electron chi connectivity index (χ0n) is 21.2. The largest absolute Gasteiger partial charge is 0.508 e. The molecule has 0 aliphatic carbocycles. The van der Waals surface area contributed by atoms with E-state index in [1.807, 2.05) is 13.8 Å². The molecule has 1 aliphatic heterocycles. The number of primary amides is 1. The summed E-state index contributed by atoms with van der Waals surface area (Å²) in [6, 6.07) is 2.04. The highest BCUT2D eigenvalue weighted by atomic mass is 16.4. The fourth-order valence-electron chi connectivity index (χ4n) is 4.16. The first kappa shape index (κ1) is 29.6.